The number of carbonyl (C=O) groups excluding carboxylic acids is 1. The number of nitrogens with two attached hydrogens (primary N) is 1. The van der Waals surface area contributed by atoms with Crippen LogP contribution in [0.2, 0.25) is 0 Å². The lowest BCUT2D eigenvalue weighted by Crippen LogP contribution is -2.59. The summed E-state index contributed by atoms with van der Waals surface area (Å²) in [5.41, 5.74) is -2.21. The van der Waals surface area contributed by atoms with E-state index in [4.69, 9.17) is 10.2 Å². The molecule has 0 unspecified atom stereocenters. The number of urea groups is 1. The maximum Gasteiger partial charge on any atom is 0.315 e. The summed E-state index contributed by atoms with van der Waals surface area (Å²) in [5.74, 6) is -1.44. The molecule has 0 radical (unpaired) electrons. The molecule has 0 saturated heterocycles. The van der Waals surface area contributed by atoms with Crippen LogP contribution < -0.4 is 15.8 Å². The van der Waals surface area contributed by atoms with Gasteiger partial charge in [-0.3, -0.25) is 4.79 Å². The molecule has 0 aliphatic carbocycles. The summed E-state index contributed by atoms with van der Waals surface area (Å²) < 4.78 is 21.3. The highest BCUT2D eigenvalue weighted by Crippen LogP contribution is 2.30. The fourth-order valence-electron chi connectivity index (χ4n) is 1.06. The molecular weight excluding hydrogens is 274 g/mol. The molecule has 0 aromatic carbocycles. The van der Waals surface area contributed by atoms with Crippen molar-refractivity contribution in [2.45, 2.75) is 33.2 Å². The Bertz CT molecular complexity index is 456. The van der Waals surface area contributed by atoms with Crippen molar-refractivity contribution in [3.8, 4) is 0 Å². The monoisotopic (exact) mass is 295 g/mol. The van der Waals surface area contributed by atoms with Crippen molar-refractivity contribution in [2.24, 2.45) is 10.6 Å². The summed E-state index contributed by atoms with van der Waals surface area (Å²) in [5, 5.41) is 18.7. The number of nitrogens with one attached hydrogen (secondary N) is 2. The second-order valence-electron chi connectivity index (χ2n) is 5.30. The van der Waals surface area contributed by atoms with Crippen LogP contribution in [0.3, 0.4) is 0 Å². The predicted octanol–water partition coefficient (Wildman–Crippen LogP) is -0.536. The first kappa shape index (κ1) is 17.6. The summed E-state index contributed by atoms with van der Waals surface area (Å²) in [6.07, 6.45) is 0. The van der Waals surface area contributed by atoms with Gasteiger partial charge in [-0.05, 0) is 27.7 Å². The SMILES string of the molecule is CC(C)(NC(=O)NCCS(N)(=O)=O)C(C)(C)C(=O)O. The Morgan fingerprint density at radius 3 is 2.05 bits per heavy atom. The first-order valence-electron chi connectivity index (χ1n) is 5.59. The van der Waals surface area contributed by atoms with Gasteiger partial charge in [-0.15, -0.1) is 0 Å². The van der Waals surface area contributed by atoms with Gasteiger partial charge in [0.1, 0.15) is 0 Å². The Morgan fingerprint density at radius 1 is 1.21 bits per heavy atom. The first-order chi connectivity index (χ1) is 8.29. The maximum atomic E-state index is 11.6. The van der Waals surface area contributed by atoms with Gasteiger partial charge in [0, 0.05) is 6.54 Å². The van der Waals surface area contributed by atoms with E-state index in [1.165, 1.54) is 13.8 Å². The summed E-state index contributed by atoms with van der Waals surface area (Å²) in [4.78, 5) is 22.7. The molecule has 0 bridgehead atoms. The van der Waals surface area contributed by atoms with Crippen LogP contribution in [0, 0.1) is 5.41 Å². The van der Waals surface area contributed by atoms with Crippen LogP contribution in [0.15, 0.2) is 0 Å². The van der Waals surface area contributed by atoms with Gasteiger partial charge in [0.2, 0.25) is 10.0 Å². The fraction of sp³-hybridized carbons (Fsp3) is 0.800. The van der Waals surface area contributed by atoms with Crippen molar-refractivity contribution >= 4 is 22.0 Å². The van der Waals surface area contributed by atoms with E-state index in [-0.39, 0.29) is 12.3 Å². The van der Waals surface area contributed by atoms with Crippen LogP contribution in [0.4, 0.5) is 4.79 Å². The van der Waals surface area contributed by atoms with Crippen LogP contribution in [0.1, 0.15) is 27.7 Å². The summed E-state index contributed by atoms with van der Waals surface area (Å²) in [6, 6.07) is -0.650. The number of hydrogen-bond acceptors (Lipinski definition) is 4. The minimum Gasteiger partial charge on any atom is -0.481 e. The van der Waals surface area contributed by atoms with E-state index in [0.717, 1.165) is 0 Å². The molecule has 0 rings (SSSR count). The molecule has 0 heterocycles. The Hall–Kier alpha value is -1.35. The van der Waals surface area contributed by atoms with Crippen LogP contribution >= 0.6 is 0 Å². The molecule has 19 heavy (non-hydrogen) atoms. The molecule has 0 atom stereocenters. The Kier molecular flexibility index (Phi) is 5.33. The van der Waals surface area contributed by atoms with E-state index in [1.54, 1.807) is 13.8 Å². The van der Waals surface area contributed by atoms with Crippen LogP contribution in [0.5, 0.6) is 0 Å². The highest BCUT2D eigenvalue weighted by molar-refractivity contribution is 7.89. The lowest BCUT2D eigenvalue weighted by molar-refractivity contribution is -0.150. The Labute approximate surface area is 112 Å². The predicted molar refractivity (Wildman–Crippen MR) is 70.0 cm³/mol. The highest BCUT2D eigenvalue weighted by atomic mass is 32.2. The average Bonchev–Trinajstić information content (AvgIpc) is 2.13. The molecule has 2 amide bonds. The zero-order chi connectivity index (χ0) is 15.5. The minimum atomic E-state index is -3.64. The van der Waals surface area contributed by atoms with Crippen LogP contribution in [0.25, 0.3) is 0 Å². The number of rotatable bonds is 6. The van der Waals surface area contributed by atoms with Crippen molar-refractivity contribution in [1.29, 1.82) is 0 Å². The topological polar surface area (TPSA) is 139 Å². The van der Waals surface area contributed by atoms with Crippen LogP contribution in [-0.2, 0) is 14.8 Å². The zero-order valence-electron chi connectivity index (χ0n) is 11.5. The Morgan fingerprint density at radius 2 is 1.68 bits per heavy atom. The fourth-order valence-corrected chi connectivity index (χ4v) is 1.45. The molecule has 0 aliphatic heterocycles. The van der Waals surface area contributed by atoms with E-state index in [2.05, 4.69) is 10.6 Å². The lowest BCUT2D eigenvalue weighted by Gasteiger charge is -2.38. The van der Waals surface area contributed by atoms with Gasteiger partial charge in [-0.1, -0.05) is 0 Å². The average molecular weight is 295 g/mol. The molecule has 112 valence electrons. The van der Waals surface area contributed by atoms with Gasteiger partial charge in [-0.2, -0.15) is 0 Å². The molecule has 0 aromatic heterocycles. The maximum absolute atomic E-state index is 11.6. The van der Waals surface area contributed by atoms with E-state index in [1.807, 2.05) is 0 Å². The van der Waals surface area contributed by atoms with E-state index >= 15 is 0 Å². The normalized spacial score (nSPS) is 12.9. The van der Waals surface area contributed by atoms with Crippen molar-refractivity contribution in [3.63, 3.8) is 0 Å². The summed E-state index contributed by atoms with van der Waals surface area (Å²) >= 11 is 0. The summed E-state index contributed by atoms with van der Waals surface area (Å²) in [7, 11) is -3.64. The number of amides is 2. The number of sulfonamides is 1. The minimum absolute atomic E-state index is 0.145. The zero-order valence-corrected chi connectivity index (χ0v) is 12.3. The van der Waals surface area contributed by atoms with Gasteiger partial charge in [0.15, 0.2) is 0 Å². The largest absolute Gasteiger partial charge is 0.481 e. The molecule has 0 spiro atoms. The molecule has 0 saturated carbocycles. The van der Waals surface area contributed by atoms with Crippen molar-refractivity contribution in [3.05, 3.63) is 0 Å². The Balaban J connectivity index is 4.52. The van der Waals surface area contributed by atoms with Crippen molar-refractivity contribution < 1.29 is 23.1 Å². The first-order valence-corrected chi connectivity index (χ1v) is 7.31. The van der Waals surface area contributed by atoms with Gasteiger partial charge in [0.05, 0.1) is 16.7 Å². The van der Waals surface area contributed by atoms with Gasteiger partial charge in [-0.25, -0.2) is 18.4 Å². The number of primary sulfonamides is 1. The molecule has 8 nitrogen and oxygen atoms in total. The third-order valence-corrected chi connectivity index (χ3v) is 3.97. The second kappa shape index (κ2) is 5.74. The third kappa shape index (κ3) is 5.43. The van der Waals surface area contributed by atoms with E-state index in [0.29, 0.717) is 0 Å². The van der Waals surface area contributed by atoms with Gasteiger partial charge < -0.3 is 15.7 Å². The smallest absolute Gasteiger partial charge is 0.315 e. The van der Waals surface area contributed by atoms with Gasteiger partial charge in [0.25, 0.3) is 0 Å². The number of carboxylic acid groups (broad SMARTS) is 1. The standard InChI is InChI=1S/C10H21N3O5S/c1-9(2,7(14)15)10(3,4)13-8(16)12-5-6-19(11,17)18/h5-6H2,1-4H3,(H,14,15)(H2,11,17,18)(H2,12,13,16). The molecular formula is C10H21N3O5S. The third-order valence-electron chi connectivity index (χ3n) is 3.20. The number of carboxylic acids is 1. The van der Waals surface area contributed by atoms with Crippen molar-refractivity contribution in [1.82, 2.24) is 10.6 Å². The quantitative estimate of drug-likeness (QED) is 0.521. The van der Waals surface area contributed by atoms with E-state index in [9.17, 15) is 18.0 Å². The highest BCUT2D eigenvalue weighted by Gasteiger charge is 2.44. The molecule has 0 fully saturated rings. The molecule has 5 N–H and O–H groups in total. The second-order valence-corrected chi connectivity index (χ2v) is 7.04. The van der Waals surface area contributed by atoms with Crippen molar-refractivity contribution in [2.75, 3.05) is 12.3 Å². The molecule has 9 heteroatoms. The number of carbonyl (C=O) groups is 2. The van der Waals surface area contributed by atoms with Gasteiger partial charge >= 0.3 is 12.0 Å². The molecule has 0 aromatic rings. The molecule has 0 aliphatic rings. The van der Waals surface area contributed by atoms with Crippen LogP contribution in [-0.4, -0.2) is 43.4 Å². The lowest BCUT2D eigenvalue weighted by atomic mass is 9.74. The summed E-state index contributed by atoms with van der Waals surface area (Å²) in [6.45, 7) is 5.97. The van der Waals surface area contributed by atoms with E-state index < -0.39 is 33.0 Å². The number of hydrogen-bond donors (Lipinski definition) is 4. The number of aliphatic carboxylic acids is 1.